The van der Waals surface area contributed by atoms with Crippen molar-refractivity contribution in [3.8, 4) is 0 Å². The molecule has 0 aliphatic carbocycles. The lowest BCUT2D eigenvalue weighted by Crippen LogP contribution is -2.42. The van der Waals surface area contributed by atoms with Crippen molar-refractivity contribution in [2.24, 2.45) is 5.16 Å². The van der Waals surface area contributed by atoms with Crippen LogP contribution < -0.4 is 0 Å². The van der Waals surface area contributed by atoms with Gasteiger partial charge in [-0.1, -0.05) is 52.1 Å². The predicted molar refractivity (Wildman–Crippen MR) is 129 cm³/mol. The molecular weight excluding hydrogens is 500 g/mol. The smallest absolute Gasteiger partial charge is 0.374 e. The topological polar surface area (TPSA) is 43.6 Å². The lowest BCUT2D eigenvalue weighted by Gasteiger charge is -2.29. The summed E-state index contributed by atoms with van der Waals surface area (Å²) in [7, 11) is 0. The molecule has 1 aliphatic rings. The Morgan fingerprint density at radius 1 is 1.00 bits per heavy atom. The lowest BCUT2D eigenvalue weighted by molar-refractivity contribution is -0.275. The quantitative estimate of drug-likeness (QED) is 0.282. The zero-order valence-corrected chi connectivity index (χ0v) is 19.7. The Kier molecular flexibility index (Phi) is 5.65. The Morgan fingerprint density at radius 2 is 1.69 bits per heavy atom. The fraction of sp³-hybridized carbons (Fsp3) is 0.154. The molecule has 4 aromatic rings. The summed E-state index contributed by atoms with van der Waals surface area (Å²) in [6.45, 7) is 1.97. The maximum atomic E-state index is 14.2. The van der Waals surface area contributed by atoms with Crippen LogP contribution >= 0.6 is 23.2 Å². The average molecular weight is 517 g/mol. The average Bonchev–Trinajstić information content (AvgIpc) is 3.43. The Morgan fingerprint density at radius 3 is 2.34 bits per heavy atom. The number of halogens is 5. The van der Waals surface area contributed by atoms with Gasteiger partial charge < -0.3 is 4.84 Å². The first-order valence-electron chi connectivity index (χ1n) is 10.6. The standard InChI is InChI=1S/C26H17Cl2F3N2O2/c1-15-2-7-23-18(10-15)8-9-33(23)24(34)17-5-3-16(4-6-17)22-14-25(35-32-22,26(29,30)31)19-11-20(27)13-21(28)12-19/h2-13H,14H2,1H3. The van der Waals surface area contributed by atoms with Crippen LogP contribution in [-0.4, -0.2) is 22.4 Å². The highest BCUT2D eigenvalue weighted by Crippen LogP contribution is 2.49. The molecule has 0 bridgehead atoms. The maximum Gasteiger partial charge on any atom is 0.435 e. The minimum atomic E-state index is -4.78. The number of alkyl halides is 3. The molecule has 2 heterocycles. The van der Waals surface area contributed by atoms with Crippen LogP contribution in [0.3, 0.4) is 0 Å². The van der Waals surface area contributed by atoms with Gasteiger partial charge >= 0.3 is 6.18 Å². The summed E-state index contributed by atoms with van der Waals surface area (Å²) < 4.78 is 44.1. The maximum absolute atomic E-state index is 14.2. The Bertz CT molecular complexity index is 1470. The molecule has 5 rings (SSSR count). The molecule has 1 aliphatic heterocycles. The molecule has 35 heavy (non-hydrogen) atoms. The molecule has 1 unspecified atom stereocenters. The third-order valence-electron chi connectivity index (χ3n) is 6.04. The number of hydrogen-bond donors (Lipinski definition) is 0. The molecule has 4 nitrogen and oxygen atoms in total. The minimum Gasteiger partial charge on any atom is -0.374 e. The van der Waals surface area contributed by atoms with Crippen LogP contribution in [-0.2, 0) is 10.4 Å². The summed E-state index contributed by atoms with van der Waals surface area (Å²) in [5, 5.41) is 4.82. The third-order valence-corrected chi connectivity index (χ3v) is 6.48. The molecule has 0 radical (unpaired) electrons. The second-order valence-electron chi connectivity index (χ2n) is 8.42. The van der Waals surface area contributed by atoms with Gasteiger partial charge in [-0.2, -0.15) is 13.2 Å². The van der Waals surface area contributed by atoms with E-state index in [9.17, 15) is 18.0 Å². The van der Waals surface area contributed by atoms with Crippen molar-refractivity contribution in [1.29, 1.82) is 0 Å². The van der Waals surface area contributed by atoms with E-state index in [1.165, 1.54) is 22.8 Å². The molecule has 0 saturated carbocycles. The van der Waals surface area contributed by atoms with Gasteiger partial charge in [0.15, 0.2) is 0 Å². The second kappa shape index (κ2) is 8.43. The minimum absolute atomic E-state index is 0.0590. The fourth-order valence-corrected chi connectivity index (χ4v) is 4.75. The van der Waals surface area contributed by atoms with E-state index in [0.717, 1.165) is 16.5 Å². The van der Waals surface area contributed by atoms with Gasteiger partial charge in [-0.3, -0.25) is 9.36 Å². The number of nitrogens with zero attached hydrogens (tertiary/aromatic N) is 2. The summed E-state index contributed by atoms with van der Waals surface area (Å²) in [6.07, 6.45) is -3.65. The number of oxime groups is 1. The van der Waals surface area contributed by atoms with Crippen LogP contribution in [0.5, 0.6) is 0 Å². The van der Waals surface area contributed by atoms with Crippen LogP contribution in [0.4, 0.5) is 13.2 Å². The van der Waals surface area contributed by atoms with Crippen LogP contribution in [0.15, 0.2) is 78.1 Å². The first-order valence-corrected chi connectivity index (χ1v) is 11.3. The zero-order valence-electron chi connectivity index (χ0n) is 18.2. The van der Waals surface area contributed by atoms with E-state index in [1.54, 1.807) is 30.5 Å². The van der Waals surface area contributed by atoms with Gasteiger partial charge in [0, 0.05) is 39.2 Å². The van der Waals surface area contributed by atoms with E-state index in [2.05, 4.69) is 5.16 Å². The van der Waals surface area contributed by atoms with Crippen LogP contribution in [0.1, 0.15) is 33.5 Å². The van der Waals surface area contributed by atoms with Gasteiger partial charge in [0.25, 0.3) is 11.5 Å². The normalized spacial score (nSPS) is 17.9. The molecule has 1 atom stereocenters. The van der Waals surface area contributed by atoms with Crippen molar-refractivity contribution in [1.82, 2.24) is 4.57 Å². The summed E-state index contributed by atoms with van der Waals surface area (Å²) in [6, 6.07) is 17.6. The zero-order chi connectivity index (χ0) is 25.0. The highest BCUT2D eigenvalue weighted by molar-refractivity contribution is 6.34. The van der Waals surface area contributed by atoms with Crippen molar-refractivity contribution in [2.75, 3.05) is 0 Å². The highest BCUT2D eigenvalue weighted by Gasteiger charge is 2.62. The number of aryl methyl sites for hydroxylation is 1. The molecule has 0 spiro atoms. The van der Waals surface area contributed by atoms with E-state index in [4.69, 9.17) is 28.0 Å². The van der Waals surface area contributed by atoms with E-state index in [-0.39, 0.29) is 27.2 Å². The monoisotopic (exact) mass is 516 g/mol. The van der Waals surface area contributed by atoms with E-state index in [0.29, 0.717) is 11.1 Å². The molecule has 0 amide bonds. The summed E-state index contributed by atoms with van der Waals surface area (Å²) in [5.74, 6) is -0.252. The SMILES string of the molecule is Cc1ccc2c(ccn2C(=O)c2ccc(C3=NOC(c4cc(Cl)cc(Cl)c4)(C(F)(F)F)C3)cc2)c1. The van der Waals surface area contributed by atoms with Gasteiger partial charge in [0.05, 0.1) is 11.2 Å². The van der Waals surface area contributed by atoms with Crippen molar-refractivity contribution in [3.05, 3.63) is 105 Å². The number of benzene rings is 3. The van der Waals surface area contributed by atoms with Gasteiger partial charge in [-0.25, -0.2) is 0 Å². The Labute approximate surface area is 208 Å². The first kappa shape index (κ1) is 23.5. The van der Waals surface area contributed by atoms with Crippen LogP contribution in [0, 0.1) is 6.92 Å². The van der Waals surface area contributed by atoms with Gasteiger partial charge in [0.2, 0.25) is 0 Å². The van der Waals surface area contributed by atoms with Crippen LogP contribution in [0.2, 0.25) is 10.0 Å². The Balaban J connectivity index is 1.43. The Hall–Kier alpha value is -3.29. The van der Waals surface area contributed by atoms with Crippen molar-refractivity contribution < 1.29 is 22.8 Å². The molecule has 9 heteroatoms. The van der Waals surface area contributed by atoms with E-state index < -0.39 is 18.2 Å². The molecule has 0 N–H and O–H groups in total. The molecule has 0 saturated heterocycles. The highest BCUT2D eigenvalue weighted by atomic mass is 35.5. The molecular formula is C26H17Cl2F3N2O2. The fourth-order valence-electron chi connectivity index (χ4n) is 4.23. The number of carbonyl (C=O) groups is 1. The first-order chi connectivity index (χ1) is 16.6. The molecule has 1 aromatic heterocycles. The number of hydrogen-bond acceptors (Lipinski definition) is 3. The van der Waals surface area contributed by atoms with Gasteiger partial charge in [0.1, 0.15) is 0 Å². The number of aromatic nitrogens is 1. The van der Waals surface area contributed by atoms with E-state index >= 15 is 0 Å². The largest absolute Gasteiger partial charge is 0.435 e. The molecule has 178 valence electrons. The predicted octanol–water partition coefficient (Wildman–Crippen LogP) is 7.53. The van der Waals surface area contributed by atoms with Gasteiger partial charge in [-0.05, 0) is 61.0 Å². The number of fused-ring (bicyclic) bond motifs is 1. The third kappa shape index (κ3) is 4.09. The van der Waals surface area contributed by atoms with E-state index in [1.807, 2.05) is 31.2 Å². The summed E-state index contributed by atoms with van der Waals surface area (Å²) >= 11 is 11.9. The van der Waals surface area contributed by atoms with Crippen molar-refractivity contribution in [2.45, 2.75) is 25.1 Å². The second-order valence-corrected chi connectivity index (χ2v) is 9.29. The van der Waals surface area contributed by atoms with Gasteiger partial charge in [-0.15, -0.1) is 0 Å². The number of carbonyl (C=O) groups excluding carboxylic acids is 1. The summed E-state index contributed by atoms with van der Waals surface area (Å²) in [4.78, 5) is 18.1. The lowest BCUT2D eigenvalue weighted by atomic mass is 9.86. The van der Waals surface area contributed by atoms with Crippen LogP contribution in [0.25, 0.3) is 10.9 Å². The summed E-state index contributed by atoms with van der Waals surface area (Å²) in [5.41, 5.74) is -0.200. The molecule has 0 fully saturated rings. The molecule has 3 aromatic carbocycles. The van der Waals surface area contributed by atoms with Crippen molar-refractivity contribution >= 4 is 45.7 Å². The van der Waals surface area contributed by atoms with Crippen molar-refractivity contribution in [3.63, 3.8) is 0 Å². The number of rotatable bonds is 3.